The van der Waals surface area contributed by atoms with Gasteiger partial charge in [0.15, 0.2) is 17.3 Å². The van der Waals surface area contributed by atoms with E-state index in [9.17, 15) is 14.0 Å². The third kappa shape index (κ3) is 4.15. The van der Waals surface area contributed by atoms with Crippen molar-refractivity contribution in [3.63, 3.8) is 0 Å². The fourth-order valence-corrected chi connectivity index (χ4v) is 4.68. The number of Topliss-reactive ketones (excluding diaryl/α,β-unsaturated/α-hetero) is 1. The van der Waals surface area contributed by atoms with Crippen LogP contribution in [0.2, 0.25) is 0 Å². The summed E-state index contributed by atoms with van der Waals surface area (Å²) in [6.45, 7) is 6.96. The van der Waals surface area contributed by atoms with Crippen molar-refractivity contribution in [3.8, 4) is 11.4 Å². The number of hydrogen-bond donors (Lipinski definition) is 0. The van der Waals surface area contributed by atoms with Crippen LogP contribution in [0.1, 0.15) is 36.4 Å². The van der Waals surface area contributed by atoms with Crippen LogP contribution in [0.4, 0.5) is 4.39 Å². The molecule has 1 aliphatic heterocycles. The fraction of sp³-hybridized carbons (Fsp3) is 0.409. The van der Waals surface area contributed by atoms with Crippen LogP contribution in [-0.2, 0) is 0 Å². The number of fused-ring (bicyclic) bond motifs is 1. The second-order valence-corrected chi connectivity index (χ2v) is 8.83. The molecule has 0 unspecified atom stereocenters. The van der Waals surface area contributed by atoms with Gasteiger partial charge in [0, 0.05) is 18.5 Å². The van der Waals surface area contributed by atoms with E-state index in [4.69, 9.17) is 4.74 Å². The van der Waals surface area contributed by atoms with Crippen LogP contribution in [0.5, 0.6) is 5.75 Å². The second kappa shape index (κ2) is 8.65. The summed E-state index contributed by atoms with van der Waals surface area (Å²) in [6, 6.07) is 6.09. The predicted octanol–water partition coefficient (Wildman–Crippen LogP) is 3.90. The number of ketones is 1. The number of carbonyl (C=O) groups is 1. The van der Waals surface area contributed by atoms with Gasteiger partial charge in [0.05, 0.1) is 16.1 Å². The van der Waals surface area contributed by atoms with Gasteiger partial charge in [0.1, 0.15) is 17.6 Å². The predicted molar refractivity (Wildman–Crippen MR) is 116 cm³/mol. The van der Waals surface area contributed by atoms with Gasteiger partial charge in [0.25, 0.3) is 5.56 Å². The highest BCUT2D eigenvalue weighted by atomic mass is 32.1. The van der Waals surface area contributed by atoms with Gasteiger partial charge in [-0.15, -0.1) is 11.3 Å². The van der Waals surface area contributed by atoms with Gasteiger partial charge in [-0.25, -0.2) is 9.37 Å². The first-order valence-corrected chi connectivity index (χ1v) is 11.0. The number of carbonyl (C=O) groups excluding carboxylic acids is 1. The highest BCUT2D eigenvalue weighted by Crippen LogP contribution is 2.25. The molecule has 1 fully saturated rings. The Balaban J connectivity index is 1.55. The minimum absolute atomic E-state index is 0.0228. The van der Waals surface area contributed by atoms with Gasteiger partial charge in [-0.3, -0.25) is 19.1 Å². The lowest BCUT2D eigenvalue weighted by Crippen LogP contribution is -2.25. The molecule has 158 valence electrons. The topological polar surface area (TPSA) is 64.4 Å². The molecule has 0 radical (unpaired) electrons. The molecule has 0 bridgehead atoms. The van der Waals surface area contributed by atoms with E-state index in [1.54, 1.807) is 12.1 Å². The Hall–Kier alpha value is -2.58. The molecule has 2 aromatic heterocycles. The molecule has 6 nitrogen and oxygen atoms in total. The van der Waals surface area contributed by atoms with Crippen LogP contribution in [0.15, 0.2) is 35.4 Å². The van der Waals surface area contributed by atoms with E-state index in [1.165, 1.54) is 35.9 Å². The maximum Gasteiger partial charge on any atom is 0.275 e. The van der Waals surface area contributed by atoms with Crippen molar-refractivity contribution in [1.29, 1.82) is 0 Å². The number of hydrogen-bond acceptors (Lipinski definition) is 6. The summed E-state index contributed by atoms with van der Waals surface area (Å²) >= 11 is 1.13. The number of thiophene rings is 1. The van der Waals surface area contributed by atoms with E-state index >= 15 is 0 Å². The maximum absolute atomic E-state index is 14.6. The Morgan fingerprint density at radius 3 is 2.73 bits per heavy atom. The van der Waals surface area contributed by atoms with Crippen LogP contribution < -0.4 is 10.3 Å². The van der Waals surface area contributed by atoms with Gasteiger partial charge in [-0.2, -0.15) is 0 Å². The molecule has 8 heteroatoms. The second-order valence-electron chi connectivity index (χ2n) is 7.78. The van der Waals surface area contributed by atoms with E-state index in [0.29, 0.717) is 27.4 Å². The van der Waals surface area contributed by atoms with Crippen molar-refractivity contribution in [3.05, 3.63) is 51.6 Å². The van der Waals surface area contributed by atoms with Crippen molar-refractivity contribution in [2.45, 2.75) is 26.7 Å². The first-order valence-electron chi connectivity index (χ1n) is 10.1. The van der Waals surface area contributed by atoms with Crippen molar-refractivity contribution >= 4 is 27.3 Å². The molecule has 0 saturated carbocycles. The number of aromatic nitrogens is 2. The first-order chi connectivity index (χ1) is 14.4. The first kappa shape index (κ1) is 20.7. The van der Waals surface area contributed by atoms with Crippen LogP contribution >= 0.6 is 11.3 Å². The van der Waals surface area contributed by atoms with Crippen LogP contribution in [0, 0.1) is 11.7 Å². The van der Waals surface area contributed by atoms with Crippen molar-refractivity contribution < 1.29 is 13.9 Å². The zero-order valence-electron chi connectivity index (χ0n) is 17.1. The average Bonchev–Trinajstić information content (AvgIpc) is 3.39. The Labute approximate surface area is 177 Å². The molecule has 0 N–H and O–H groups in total. The van der Waals surface area contributed by atoms with Gasteiger partial charge in [0.2, 0.25) is 0 Å². The Morgan fingerprint density at radius 1 is 1.27 bits per heavy atom. The van der Waals surface area contributed by atoms with E-state index in [-0.39, 0.29) is 23.0 Å². The van der Waals surface area contributed by atoms with Gasteiger partial charge >= 0.3 is 0 Å². The van der Waals surface area contributed by atoms with E-state index in [1.807, 2.05) is 13.8 Å². The minimum Gasteiger partial charge on any atom is -0.489 e. The molecule has 4 rings (SSSR count). The normalized spacial score (nSPS) is 14.7. The highest BCUT2D eigenvalue weighted by molar-refractivity contribution is 7.20. The van der Waals surface area contributed by atoms with Gasteiger partial charge in [-0.1, -0.05) is 13.8 Å². The zero-order valence-corrected chi connectivity index (χ0v) is 17.9. The molecule has 0 atom stereocenters. The maximum atomic E-state index is 14.6. The van der Waals surface area contributed by atoms with Gasteiger partial charge in [-0.05, 0) is 44.1 Å². The number of ether oxygens (including phenoxy) is 1. The lowest BCUT2D eigenvalue weighted by atomic mass is 10.1. The average molecular weight is 430 g/mol. The number of likely N-dealkylation sites (tertiary alicyclic amines) is 1. The monoisotopic (exact) mass is 429 g/mol. The van der Waals surface area contributed by atoms with Crippen molar-refractivity contribution in [1.82, 2.24) is 14.5 Å². The molecule has 1 aromatic carbocycles. The number of rotatable bonds is 7. The number of halogens is 1. The summed E-state index contributed by atoms with van der Waals surface area (Å²) in [4.78, 5) is 32.2. The quantitative estimate of drug-likeness (QED) is 0.533. The summed E-state index contributed by atoms with van der Waals surface area (Å²) in [7, 11) is 0. The summed E-state index contributed by atoms with van der Waals surface area (Å²) < 4.78 is 21.8. The summed E-state index contributed by atoms with van der Waals surface area (Å²) in [5.74, 6) is -0.540. The smallest absolute Gasteiger partial charge is 0.275 e. The molecule has 0 spiro atoms. The van der Waals surface area contributed by atoms with E-state index in [0.717, 1.165) is 31.0 Å². The zero-order chi connectivity index (χ0) is 21.3. The highest BCUT2D eigenvalue weighted by Gasteiger charge is 2.18. The molecule has 3 heterocycles. The Morgan fingerprint density at radius 2 is 2.03 bits per heavy atom. The standard InChI is InChI=1S/C22H24FN3O3S/c1-14(2)20(27)19-12-17-21(30-19)22(28)26(13-24-17)15-5-6-18(16(23)11-15)29-10-9-25-7-3-4-8-25/h5-6,11-14H,3-4,7-10H2,1-2H3. The van der Waals surface area contributed by atoms with Crippen LogP contribution in [-0.4, -0.2) is 46.5 Å². The van der Waals surface area contributed by atoms with Crippen LogP contribution in [0.3, 0.4) is 0 Å². The molecule has 30 heavy (non-hydrogen) atoms. The van der Waals surface area contributed by atoms with Crippen molar-refractivity contribution in [2.24, 2.45) is 5.92 Å². The fourth-order valence-electron chi connectivity index (χ4n) is 3.55. The molecule has 1 aliphatic rings. The molecule has 0 aliphatic carbocycles. The Bertz CT molecular complexity index is 1130. The third-order valence-electron chi connectivity index (χ3n) is 5.26. The molecule has 3 aromatic rings. The lowest BCUT2D eigenvalue weighted by Gasteiger charge is -2.15. The van der Waals surface area contributed by atoms with Gasteiger partial charge < -0.3 is 4.74 Å². The third-order valence-corrected chi connectivity index (χ3v) is 6.39. The van der Waals surface area contributed by atoms with E-state index in [2.05, 4.69) is 9.88 Å². The Kier molecular flexibility index (Phi) is 5.97. The van der Waals surface area contributed by atoms with Crippen LogP contribution in [0.25, 0.3) is 15.9 Å². The summed E-state index contributed by atoms with van der Waals surface area (Å²) in [5, 5.41) is 0. The molecular formula is C22H24FN3O3S. The lowest BCUT2D eigenvalue weighted by molar-refractivity contribution is 0.0943. The molecule has 1 saturated heterocycles. The SMILES string of the molecule is CC(C)C(=O)c1cc2ncn(-c3ccc(OCCN4CCCC4)c(F)c3)c(=O)c2s1. The van der Waals surface area contributed by atoms with E-state index < -0.39 is 5.82 Å². The van der Waals surface area contributed by atoms with Crippen molar-refractivity contribution in [2.75, 3.05) is 26.2 Å². The summed E-state index contributed by atoms with van der Waals surface area (Å²) in [6.07, 6.45) is 3.77. The minimum atomic E-state index is -0.525. The number of nitrogens with zero attached hydrogens (tertiary/aromatic N) is 3. The number of benzene rings is 1. The largest absolute Gasteiger partial charge is 0.489 e. The molecule has 0 amide bonds. The molecular weight excluding hydrogens is 405 g/mol. The summed E-state index contributed by atoms with van der Waals surface area (Å²) in [5.41, 5.74) is 0.520.